The topological polar surface area (TPSA) is 69.6 Å². The molecule has 0 aliphatic carbocycles. The van der Waals surface area contributed by atoms with Crippen LogP contribution in [0.1, 0.15) is 18.3 Å². The number of aromatic nitrogens is 4. The van der Waals surface area contributed by atoms with Gasteiger partial charge in [0, 0.05) is 13.2 Å². The van der Waals surface area contributed by atoms with Crippen LogP contribution in [0, 0.1) is 10.5 Å². The second-order valence-electron chi connectivity index (χ2n) is 3.85. The molecule has 0 aliphatic rings. The molecule has 0 spiro atoms. The predicted molar refractivity (Wildman–Crippen MR) is 75.5 cm³/mol. The van der Waals surface area contributed by atoms with Crippen LogP contribution in [0.25, 0.3) is 11.4 Å². The van der Waals surface area contributed by atoms with Crippen molar-refractivity contribution in [2.75, 3.05) is 5.73 Å². The van der Waals surface area contributed by atoms with Crippen molar-refractivity contribution in [3.05, 3.63) is 21.2 Å². The molecule has 0 radical (unpaired) electrons. The fourth-order valence-electron chi connectivity index (χ4n) is 1.68. The summed E-state index contributed by atoms with van der Waals surface area (Å²) in [4.78, 5) is 8.81. The Bertz CT molecular complexity index is 538. The van der Waals surface area contributed by atoms with Crippen molar-refractivity contribution in [2.24, 2.45) is 7.05 Å². The van der Waals surface area contributed by atoms with Crippen LogP contribution in [0.5, 0.6) is 0 Å². The molecule has 0 saturated carbocycles. The molecule has 0 aliphatic heterocycles. The van der Waals surface area contributed by atoms with E-state index >= 15 is 0 Å². The lowest BCUT2D eigenvalue weighted by Gasteiger charge is -2.05. The lowest BCUT2D eigenvalue weighted by molar-refractivity contribution is 0.746. The summed E-state index contributed by atoms with van der Waals surface area (Å²) >= 11 is 2.16. The minimum Gasteiger partial charge on any atom is -0.383 e. The average Bonchev–Trinajstić information content (AvgIpc) is 2.66. The Kier molecular flexibility index (Phi) is 3.32. The fourth-order valence-corrected chi connectivity index (χ4v) is 1.93. The second kappa shape index (κ2) is 4.59. The van der Waals surface area contributed by atoms with E-state index in [0.717, 1.165) is 26.9 Å². The number of nitrogens with zero attached hydrogens (tertiary/aromatic N) is 4. The maximum atomic E-state index is 5.87. The molecule has 0 saturated heterocycles. The van der Waals surface area contributed by atoms with Crippen LogP contribution in [-0.4, -0.2) is 19.7 Å². The Morgan fingerprint density at radius 3 is 2.71 bits per heavy atom. The predicted octanol–water partition coefficient (Wildman–Crippen LogP) is 1.93. The molecule has 5 nitrogen and oxygen atoms in total. The van der Waals surface area contributed by atoms with E-state index < -0.39 is 0 Å². The number of halogens is 1. The molecule has 0 amide bonds. The SMILES string of the molecule is CCc1nn(C)cc1-c1nc(C)c(I)c(N)n1. The van der Waals surface area contributed by atoms with Crippen LogP contribution in [0.15, 0.2) is 6.20 Å². The average molecular weight is 343 g/mol. The van der Waals surface area contributed by atoms with Gasteiger partial charge in [-0.25, -0.2) is 9.97 Å². The van der Waals surface area contributed by atoms with Gasteiger partial charge >= 0.3 is 0 Å². The van der Waals surface area contributed by atoms with Crippen LogP contribution < -0.4 is 5.73 Å². The Balaban J connectivity index is 2.60. The highest BCUT2D eigenvalue weighted by molar-refractivity contribution is 14.1. The summed E-state index contributed by atoms with van der Waals surface area (Å²) in [6.45, 7) is 4.00. The molecule has 2 heterocycles. The van der Waals surface area contributed by atoms with Gasteiger partial charge in [-0.1, -0.05) is 6.92 Å². The van der Waals surface area contributed by atoms with E-state index in [4.69, 9.17) is 5.73 Å². The van der Waals surface area contributed by atoms with Crippen LogP contribution in [0.3, 0.4) is 0 Å². The van der Waals surface area contributed by atoms with Crippen LogP contribution in [0.2, 0.25) is 0 Å². The molecule has 2 N–H and O–H groups in total. The van der Waals surface area contributed by atoms with Gasteiger partial charge in [-0.2, -0.15) is 5.10 Å². The number of rotatable bonds is 2. The Labute approximate surface area is 114 Å². The van der Waals surface area contributed by atoms with E-state index in [1.54, 1.807) is 4.68 Å². The van der Waals surface area contributed by atoms with Gasteiger partial charge in [0.05, 0.1) is 20.5 Å². The van der Waals surface area contributed by atoms with Crippen molar-refractivity contribution in [3.8, 4) is 11.4 Å². The molecule has 90 valence electrons. The van der Waals surface area contributed by atoms with Gasteiger partial charge in [-0.3, -0.25) is 4.68 Å². The van der Waals surface area contributed by atoms with Gasteiger partial charge in [0.1, 0.15) is 5.82 Å². The van der Waals surface area contributed by atoms with Gasteiger partial charge in [0.25, 0.3) is 0 Å². The highest BCUT2D eigenvalue weighted by Gasteiger charge is 2.14. The minimum atomic E-state index is 0.527. The summed E-state index contributed by atoms with van der Waals surface area (Å²) in [5.74, 6) is 1.18. The van der Waals surface area contributed by atoms with Crippen LogP contribution >= 0.6 is 22.6 Å². The summed E-state index contributed by atoms with van der Waals surface area (Å²) in [7, 11) is 1.89. The van der Waals surface area contributed by atoms with Crippen LogP contribution in [-0.2, 0) is 13.5 Å². The van der Waals surface area contributed by atoms with Crippen LogP contribution in [0.4, 0.5) is 5.82 Å². The monoisotopic (exact) mass is 343 g/mol. The first kappa shape index (κ1) is 12.3. The summed E-state index contributed by atoms with van der Waals surface area (Å²) in [6.07, 6.45) is 2.78. The maximum absolute atomic E-state index is 5.87. The summed E-state index contributed by atoms with van der Waals surface area (Å²) in [6, 6.07) is 0. The van der Waals surface area contributed by atoms with E-state index in [9.17, 15) is 0 Å². The largest absolute Gasteiger partial charge is 0.383 e. The molecule has 6 heteroatoms. The third-order valence-electron chi connectivity index (χ3n) is 2.52. The van der Waals surface area contributed by atoms with Crippen molar-refractivity contribution in [1.29, 1.82) is 0 Å². The number of anilines is 1. The van der Waals surface area contributed by atoms with Gasteiger partial charge in [-0.05, 0) is 35.9 Å². The van der Waals surface area contributed by atoms with Crippen molar-refractivity contribution in [3.63, 3.8) is 0 Å². The summed E-state index contributed by atoms with van der Waals surface area (Å²) in [5, 5.41) is 4.38. The molecular weight excluding hydrogens is 329 g/mol. The molecule has 0 aromatic carbocycles. The van der Waals surface area contributed by atoms with Crippen molar-refractivity contribution < 1.29 is 0 Å². The molecule has 2 rings (SSSR count). The number of hydrogen-bond acceptors (Lipinski definition) is 4. The number of nitrogens with two attached hydrogens (primary N) is 1. The zero-order chi connectivity index (χ0) is 12.6. The summed E-state index contributed by atoms with van der Waals surface area (Å²) in [5.41, 5.74) is 8.73. The Morgan fingerprint density at radius 1 is 1.41 bits per heavy atom. The first-order chi connectivity index (χ1) is 8.02. The molecule has 17 heavy (non-hydrogen) atoms. The van der Waals surface area contributed by atoms with Gasteiger partial charge in [-0.15, -0.1) is 0 Å². The molecule has 0 fully saturated rings. The first-order valence-corrected chi connectivity index (χ1v) is 6.43. The molecule has 0 unspecified atom stereocenters. The first-order valence-electron chi connectivity index (χ1n) is 5.35. The van der Waals surface area contributed by atoms with E-state index in [0.29, 0.717) is 11.6 Å². The lowest BCUT2D eigenvalue weighted by atomic mass is 10.2. The third-order valence-corrected chi connectivity index (χ3v) is 3.86. The quantitative estimate of drug-likeness (QED) is 0.846. The number of nitrogen functional groups attached to an aromatic ring is 1. The van der Waals surface area contributed by atoms with Crippen molar-refractivity contribution in [2.45, 2.75) is 20.3 Å². The molecule has 2 aromatic heterocycles. The van der Waals surface area contributed by atoms with Gasteiger partial charge in [0.2, 0.25) is 0 Å². The third kappa shape index (κ3) is 2.26. The Morgan fingerprint density at radius 2 is 2.12 bits per heavy atom. The molecule has 0 atom stereocenters. The highest BCUT2D eigenvalue weighted by atomic mass is 127. The zero-order valence-corrected chi connectivity index (χ0v) is 12.2. The lowest BCUT2D eigenvalue weighted by Crippen LogP contribution is -2.02. The summed E-state index contributed by atoms with van der Waals surface area (Å²) < 4.78 is 2.69. The molecule has 0 bridgehead atoms. The normalized spacial score (nSPS) is 10.8. The standard InChI is InChI=1S/C11H14IN5/c1-4-8-7(5-17(3)16-8)11-14-6(2)9(12)10(13)15-11/h5H,4H2,1-3H3,(H2,13,14,15). The maximum Gasteiger partial charge on any atom is 0.165 e. The van der Waals surface area contributed by atoms with E-state index in [-0.39, 0.29) is 0 Å². The molecular formula is C11H14IN5. The van der Waals surface area contributed by atoms with Crippen molar-refractivity contribution in [1.82, 2.24) is 19.7 Å². The minimum absolute atomic E-state index is 0.527. The smallest absolute Gasteiger partial charge is 0.165 e. The Hall–Kier alpha value is -1.18. The number of hydrogen-bond donors (Lipinski definition) is 1. The fraction of sp³-hybridized carbons (Fsp3) is 0.364. The van der Waals surface area contributed by atoms with Gasteiger partial charge in [0.15, 0.2) is 5.82 Å². The van der Waals surface area contributed by atoms with Crippen molar-refractivity contribution >= 4 is 28.4 Å². The van der Waals surface area contributed by atoms with E-state index in [1.807, 2.05) is 20.2 Å². The van der Waals surface area contributed by atoms with Gasteiger partial charge < -0.3 is 5.73 Å². The highest BCUT2D eigenvalue weighted by Crippen LogP contribution is 2.24. The van der Waals surface area contributed by atoms with E-state index in [1.165, 1.54) is 0 Å². The van der Waals surface area contributed by atoms with E-state index in [2.05, 4.69) is 44.6 Å². The molecule has 2 aromatic rings. The zero-order valence-electron chi connectivity index (χ0n) is 10.0. The second-order valence-corrected chi connectivity index (χ2v) is 4.93. The number of aryl methyl sites for hydroxylation is 3.